The Labute approximate surface area is 115 Å². The first-order valence-electron chi connectivity index (χ1n) is 6.11. The smallest absolute Gasteiger partial charge is 0.221 e. The number of likely N-dealkylation sites (tertiary alicyclic amines) is 1. The molecule has 0 radical (unpaired) electrons. The number of carbonyl (C=O) groups is 1. The topological polar surface area (TPSA) is 72.3 Å². The monoisotopic (exact) mass is 311 g/mol. The van der Waals surface area contributed by atoms with Crippen molar-refractivity contribution in [3.63, 3.8) is 0 Å². The lowest BCUT2D eigenvalue weighted by Crippen LogP contribution is -2.34. The summed E-state index contributed by atoms with van der Waals surface area (Å²) >= 11 is 3.55. The standard InChI is InChI=1S/C13H18BrN3O/c14-11-4-2-1-3-10(11)12(7-15)17-6-5-9(8-17)13(16)18/h1-4,9,12H,5-8,15H2,(H2,16,18). The number of carbonyl (C=O) groups excluding carboxylic acids is 1. The number of rotatable bonds is 4. The van der Waals surface area contributed by atoms with Crippen molar-refractivity contribution >= 4 is 21.8 Å². The number of halogens is 1. The van der Waals surface area contributed by atoms with E-state index in [1.54, 1.807) is 0 Å². The van der Waals surface area contributed by atoms with Crippen molar-refractivity contribution in [3.05, 3.63) is 34.3 Å². The molecule has 2 unspecified atom stereocenters. The van der Waals surface area contributed by atoms with Gasteiger partial charge in [-0.3, -0.25) is 9.69 Å². The molecule has 1 aliphatic rings. The van der Waals surface area contributed by atoms with Crippen LogP contribution in [0, 0.1) is 5.92 Å². The fraction of sp³-hybridized carbons (Fsp3) is 0.462. The molecule has 4 nitrogen and oxygen atoms in total. The van der Waals surface area contributed by atoms with E-state index in [0.717, 1.165) is 17.4 Å². The van der Waals surface area contributed by atoms with Crippen molar-refractivity contribution in [2.45, 2.75) is 12.5 Å². The van der Waals surface area contributed by atoms with Gasteiger partial charge in [-0.15, -0.1) is 0 Å². The highest BCUT2D eigenvalue weighted by Crippen LogP contribution is 2.31. The summed E-state index contributed by atoms with van der Waals surface area (Å²) in [6.45, 7) is 2.11. The molecule has 0 bridgehead atoms. The van der Waals surface area contributed by atoms with Gasteiger partial charge in [0.2, 0.25) is 5.91 Å². The van der Waals surface area contributed by atoms with E-state index in [0.29, 0.717) is 13.1 Å². The molecule has 1 aromatic carbocycles. The molecule has 2 atom stereocenters. The fourth-order valence-corrected chi connectivity index (χ4v) is 3.07. The van der Waals surface area contributed by atoms with Gasteiger partial charge in [-0.25, -0.2) is 0 Å². The van der Waals surface area contributed by atoms with E-state index < -0.39 is 0 Å². The molecule has 5 heteroatoms. The molecule has 1 saturated heterocycles. The zero-order valence-corrected chi connectivity index (χ0v) is 11.8. The molecule has 0 aliphatic carbocycles. The molecule has 18 heavy (non-hydrogen) atoms. The van der Waals surface area contributed by atoms with Crippen LogP contribution < -0.4 is 11.5 Å². The second-order valence-electron chi connectivity index (χ2n) is 4.66. The van der Waals surface area contributed by atoms with E-state index in [1.807, 2.05) is 18.2 Å². The molecule has 1 aromatic rings. The lowest BCUT2D eigenvalue weighted by Gasteiger charge is -2.27. The first-order chi connectivity index (χ1) is 8.63. The van der Waals surface area contributed by atoms with Crippen LogP contribution in [-0.4, -0.2) is 30.4 Å². The van der Waals surface area contributed by atoms with E-state index in [9.17, 15) is 4.79 Å². The summed E-state index contributed by atoms with van der Waals surface area (Å²) in [4.78, 5) is 13.5. The number of benzene rings is 1. The summed E-state index contributed by atoms with van der Waals surface area (Å²) in [6, 6.07) is 8.21. The highest BCUT2D eigenvalue weighted by molar-refractivity contribution is 9.10. The molecule has 2 rings (SSSR count). The van der Waals surface area contributed by atoms with Crippen LogP contribution in [0.1, 0.15) is 18.0 Å². The SMILES string of the molecule is NCC(c1ccccc1Br)N1CCC(C(N)=O)C1. The molecule has 98 valence electrons. The Morgan fingerprint density at radius 1 is 1.50 bits per heavy atom. The molecule has 0 spiro atoms. The average Bonchev–Trinajstić information content (AvgIpc) is 2.82. The van der Waals surface area contributed by atoms with Crippen LogP contribution in [0.3, 0.4) is 0 Å². The van der Waals surface area contributed by atoms with Crippen LogP contribution in [0.2, 0.25) is 0 Å². The van der Waals surface area contributed by atoms with Crippen LogP contribution in [0.5, 0.6) is 0 Å². The first-order valence-corrected chi connectivity index (χ1v) is 6.90. The first kappa shape index (κ1) is 13.5. The van der Waals surface area contributed by atoms with Gasteiger partial charge in [-0.2, -0.15) is 0 Å². The van der Waals surface area contributed by atoms with E-state index >= 15 is 0 Å². The molecule has 1 heterocycles. The molecule has 0 aromatic heterocycles. The molecule has 1 amide bonds. The Morgan fingerprint density at radius 2 is 2.22 bits per heavy atom. The predicted octanol–water partition coefficient (Wildman–Crippen LogP) is 1.26. The van der Waals surface area contributed by atoms with Gasteiger partial charge in [0.1, 0.15) is 0 Å². The van der Waals surface area contributed by atoms with Gasteiger partial charge in [0.05, 0.1) is 5.92 Å². The van der Waals surface area contributed by atoms with Crippen LogP contribution in [0.15, 0.2) is 28.7 Å². The number of amides is 1. The second kappa shape index (κ2) is 5.82. The van der Waals surface area contributed by atoms with Gasteiger partial charge in [0.15, 0.2) is 0 Å². The summed E-state index contributed by atoms with van der Waals surface area (Å²) in [6.07, 6.45) is 0.830. The summed E-state index contributed by atoms with van der Waals surface area (Å²) in [5, 5.41) is 0. The van der Waals surface area contributed by atoms with E-state index in [4.69, 9.17) is 11.5 Å². The second-order valence-corrected chi connectivity index (χ2v) is 5.51. The largest absolute Gasteiger partial charge is 0.369 e. The summed E-state index contributed by atoms with van der Waals surface area (Å²) in [5.41, 5.74) is 12.4. The van der Waals surface area contributed by atoms with Crippen LogP contribution in [0.25, 0.3) is 0 Å². The summed E-state index contributed by atoms with van der Waals surface area (Å²) in [5.74, 6) is -0.248. The normalized spacial score (nSPS) is 22.0. The van der Waals surface area contributed by atoms with Gasteiger partial charge in [0.25, 0.3) is 0 Å². The van der Waals surface area contributed by atoms with Gasteiger partial charge in [-0.05, 0) is 24.6 Å². The molecule has 1 aliphatic heterocycles. The Morgan fingerprint density at radius 3 is 2.78 bits per heavy atom. The van der Waals surface area contributed by atoms with E-state index in [-0.39, 0.29) is 17.9 Å². The van der Waals surface area contributed by atoms with Crippen LogP contribution in [-0.2, 0) is 4.79 Å². The number of hydrogen-bond acceptors (Lipinski definition) is 3. The highest BCUT2D eigenvalue weighted by Gasteiger charge is 2.31. The minimum atomic E-state index is -0.208. The van der Waals surface area contributed by atoms with Gasteiger partial charge in [-0.1, -0.05) is 34.1 Å². The van der Waals surface area contributed by atoms with Crippen LogP contribution >= 0.6 is 15.9 Å². The van der Waals surface area contributed by atoms with Crippen molar-refractivity contribution in [1.29, 1.82) is 0 Å². The van der Waals surface area contributed by atoms with Crippen molar-refractivity contribution in [3.8, 4) is 0 Å². The predicted molar refractivity (Wildman–Crippen MR) is 74.8 cm³/mol. The highest BCUT2D eigenvalue weighted by atomic mass is 79.9. The summed E-state index contributed by atoms with van der Waals surface area (Å²) < 4.78 is 1.06. The molecular weight excluding hydrogens is 294 g/mol. The third-order valence-corrected chi connectivity index (χ3v) is 4.27. The number of nitrogens with two attached hydrogens (primary N) is 2. The molecule has 4 N–H and O–H groups in total. The third kappa shape index (κ3) is 2.74. The Kier molecular flexibility index (Phi) is 4.37. The minimum Gasteiger partial charge on any atom is -0.369 e. The van der Waals surface area contributed by atoms with E-state index in [1.165, 1.54) is 5.56 Å². The minimum absolute atomic E-state index is 0.0402. The van der Waals surface area contributed by atoms with Crippen molar-refractivity contribution < 1.29 is 4.79 Å². The quantitative estimate of drug-likeness (QED) is 0.879. The third-order valence-electron chi connectivity index (χ3n) is 3.55. The summed E-state index contributed by atoms with van der Waals surface area (Å²) in [7, 11) is 0. The van der Waals surface area contributed by atoms with Crippen molar-refractivity contribution in [2.75, 3.05) is 19.6 Å². The van der Waals surface area contributed by atoms with E-state index in [2.05, 4.69) is 26.9 Å². The van der Waals surface area contributed by atoms with Gasteiger partial charge < -0.3 is 11.5 Å². The Balaban J connectivity index is 2.16. The molecule has 1 fully saturated rings. The lowest BCUT2D eigenvalue weighted by atomic mass is 10.1. The maximum Gasteiger partial charge on any atom is 0.221 e. The Hall–Kier alpha value is -0.910. The zero-order chi connectivity index (χ0) is 13.1. The van der Waals surface area contributed by atoms with Crippen LogP contribution in [0.4, 0.5) is 0 Å². The van der Waals surface area contributed by atoms with Crippen molar-refractivity contribution in [1.82, 2.24) is 4.90 Å². The Bertz CT molecular complexity index is 438. The fourth-order valence-electron chi connectivity index (χ4n) is 2.52. The van der Waals surface area contributed by atoms with Crippen molar-refractivity contribution in [2.24, 2.45) is 17.4 Å². The average molecular weight is 312 g/mol. The van der Waals surface area contributed by atoms with Gasteiger partial charge >= 0.3 is 0 Å². The van der Waals surface area contributed by atoms with Gasteiger partial charge in [0, 0.05) is 23.6 Å². The number of hydrogen-bond donors (Lipinski definition) is 2. The molecular formula is C13H18BrN3O. The maximum atomic E-state index is 11.2. The lowest BCUT2D eigenvalue weighted by molar-refractivity contribution is -0.121. The number of primary amides is 1. The number of nitrogens with zero attached hydrogens (tertiary/aromatic N) is 1. The maximum absolute atomic E-state index is 11.2. The zero-order valence-electron chi connectivity index (χ0n) is 10.2. The molecule has 0 saturated carbocycles.